The summed E-state index contributed by atoms with van der Waals surface area (Å²) in [5, 5.41) is 0.442. The molecule has 1 unspecified atom stereocenters. The highest BCUT2D eigenvalue weighted by molar-refractivity contribution is 14.2. The molecule has 8 heteroatoms. The highest BCUT2D eigenvalue weighted by Crippen LogP contribution is 2.30. The molecule has 0 aliphatic rings. The van der Waals surface area contributed by atoms with Gasteiger partial charge in [0.25, 0.3) is 0 Å². The Bertz CT molecular complexity index is 459. The number of nitrogens with zero attached hydrogens (tertiary/aromatic N) is 4. The largest absolute Gasteiger partial charge is 0.287 e. The topological polar surface area (TPSA) is 43.6 Å². The van der Waals surface area contributed by atoms with E-state index in [1.165, 1.54) is 0 Å². The van der Waals surface area contributed by atoms with Crippen LogP contribution >= 0.6 is 51.6 Å². The predicted octanol–water partition coefficient (Wildman–Crippen LogP) is 2.92. The first kappa shape index (κ1) is 9.83. The van der Waals surface area contributed by atoms with Gasteiger partial charge in [-0.3, -0.25) is 4.34 Å². The van der Waals surface area contributed by atoms with Crippen molar-refractivity contribution in [2.75, 3.05) is 0 Å². The quantitative estimate of drug-likeness (QED) is 0.345. The average Bonchev–Trinajstić information content (AvgIpc) is 2.47. The first-order valence-electron chi connectivity index (χ1n) is 3.15. The van der Waals surface area contributed by atoms with E-state index in [1.807, 2.05) is 4.34 Å². The summed E-state index contributed by atoms with van der Waals surface area (Å²) in [6.07, 6.45) is 2.19. The van der Waals surface area contributed by atoms with Gasteiger partial charge in [0.15, 0.2) is 10.8 Å². The molecule has 0 amide bonds. The van der Waals surface area contributed by atoms with Crippen LogP contribution in [0.1, 0.15) is 0 Å². The first-order chi connectivity index (χ1) is 6.22. The Kier molecular flexibility index (Phi) is 2.88. The van der Waals surface area contributed by atoms with E-state index < -0.39 is 0 Å². The van der Waals surface area contributed by atoms with Gasteiger partial charge >= 0.3 is 0 Å². The van der Waals surface area contributed by atoms with Crippen LogP contribution in [0.5, 0.6) is 0 Å². The summed E-state index contributed by atoms with van der Waals surface area (Å²) in [5.41, 5.74) is 1.27. The molecule has 2 aromatic heterocycles. The lowest BCUT2D eigenvalue weighted by Crippen LogP contribution is -1.87. The summed E-state index contributed by atoms with van der Waals surface area (Å²) in [7, 11) is 0. The van der Waals surface area contributed by atoms with Gasteiger partial charge in [-0.05, 0) is 33.6 Å². The molecule has 0 saturated carbocycles. The van der Waals surface area contributed by atoms with Gasteiger partial charge in [0.1, 0.15) is 11.8 Å². The van der Waals surface area contributed by atoms with E-state index in [1.54, 1.807) is 6.33 Å². The van der Waals surface area contributed by atoms with Crippen molar-refractivity contribution in [2.24, 2.45) is 0 Å². The molecule has 13 heavy (non-hydrogen) atoms. The van der Waals surface area contributed by atoms with Crippen molar-refractivity contribution in [2.45, 2.75) is 0 Å². The van der Waals surface area contributed by atoms with E-state index in [4.69, 9.17) is 23.2 Å². The van der Waals surface area contributed by atoms with Gasteiger partial charge in [-0.15, -0.1) is 0 Å². The van der Waals surface area contributed by atoms with Crippen LogP contribution in [0, 0.1) is 0 Å². The Morgan fingerprint density at radius 2 is 2.15 bits per heavy atom. The van der Waals surface area contributed by atoms with Gasteiger partial charge in [-0.2, -0.15) is 4.98 Å². The minimum atomic E-state index is 0.147. The lowest BCUT2D eigenvalue weighted by Gasteiger charge is -1.96. The second-order valence-corrected chi connectivity index (χ2v) is 4.95. The SMILES string of the molecule is Clc1nc(Cl)c2ncn(PI)c2n1. The zero-order valence-electron chi connectivity index (χ0n) is 6.00. The molecule has 2 aromatic rings. The van der Waals surface area contributed by atoms with Gasteiger partial charge < -0.3 is 0 Å². The van der Waals surface area contributed by atoms with Gasteiger partial charge in [0.2, 0.25) is 5.28 Å². The second-order valence-electron chi connectivity index (χ2n) is 2.15. The summed E-state index contributed by atoms with van der Waals surface area (Å²) in [6, 6.07) is 0. The van der Waals surface area contributed by atoms with Crippen LogP contribution < -0.4 is 0 Å². The molecule has 4 nitrogen and oxygen atoms in total. The van der Waals surface area contributed by atoms with Crippen molar-refractivity contribution in [1.82, 2.24) is 19.3 Å². The van der Waals surface area contributed by atoms with Crippen molar-refractivity contribution in [3.8, 4) is 0 Å². The Labute approximate surface area is 98.4 Å². The van der Waals surface area contributed by atoms with Gasteiger partial charge in [-0.25, -0.2) is 9.97 Å². The van der Waals surface area contributed by atoms with Crippen LogP contribution in [0.3, 0.4) is 0 Å². The monoisotopic (exact) mass is 346 g/mol. The zero-order valence-corrected chi connectivity index (χ0v) is 10.7. The molecule has 68 valence electrons. The summed E-state index contributed by atoms with van der Waals surface area (Å²) in [6.45, 7) is 0. The Hall–Kier alpha value is 0.290. The van der Waals surface area contributed by atoms with E-state index >= 15 is 0 Å². The van der Waals surface area contributed by atoms with E-state index in [0.29, 0.717) is 22.7 Å². The lowest BCUT2D eigenvalue weighted by molar-refractivity contribution is 1.18. The number of halogens is 3. The van der Waals surface area contributed by atoms with Crippen molar-refractivity contribution in [1.29, 1.82) is 0 Å². The summed E-state index contributed by atoms with van der Waals surface area (Å²) >= 11 is 13.7. The minimum Gasteiger partial charge on any atom is -0.287 e. The standard InChI is InChI=1S/C5H2Cl2IN4P/c6-3-2-4(11-5(7)10-3)12(13-8)1-9-2/h1,13H. The molecule has 0 aliphatic carbocycles. The smallest absolute Gasteiger partial charge is 0.225 e. The molecule has 1 atom stereocenters. The Morgan fingerprint density at radius 3 is 2.85 bits per heavy atom. The number of hydrogen-bond acceptors (Lipinski definition) is 3. The van der Waals surface area contributed by atoms with Gasteiger partial charge in [-0.1, -0.05) is 11.6 Å². The molecule has 0 saturated heterocycles. The maximum atomic E-state index is 5.82. The highest BCUT2D eigenvalue weighted by atomic mass is 127. The zero-order chi connectivity index (χ0) is 9.42. The molecule has 0 spiro atoms. The van der Waals surface area contributed by atoms with E-state index in [2.05, 4.69) is 37.0 Å². The number of hydrogen-bond donors (Lipinski definition) is 0. The minimum absolute atomic E-state index is 0.147. The molecular weight excluding hydrogens is 345 g/mol. The van der Waals surface area contributed by atoms with Crippen LogP contribution in [-0.2, 0) is 0 Å². The van der Waals surface area contributed by atoms with Gasteiger partial charge in [0, 0.05) is 0 Å². The summed E-state index contributed by atoms with van der Waals surface area (Å²) in [4.78, 5) is 11.9. The van der Waals surface area contributed by atoms with Crippen LogP contribution in [-0.4, -0.2) is 19.3 Å². The Morgan fingerprint density at radius 1 is 1.38 bits per heavy atom. The second kappa shape index (κ2) is 3.81. The number of rotatable bonds is 1. The van der Waals surface area contributed by atoms with Crippen LogP contribution in [0.25, 0.3) is 11.2 Å². The van der Waals surface area contributed by atoms with Crippen LogP contribution in [0.4, 0.5) is 0 Å². The van der Waals surface area contributed by atoms with Crippen molar-refractivity contribution in [3.05, 3.63) is 16.8 Å². The molecule has 0 radical (unpaired) electrons. The van der Waals surface area contributed by atoms with Gasteiger partial charge in [0.05, 0.1) is 6.37 Å². The third kappa shape index (κ3) is 1.75. The fourth-order valence-corrected chi connectivity index (χ4v) is 2.72. The fourth-order valence-electron chi connectivity index (χ4n) is 0.903. The van der Waals surface area contributed by atoms with E-state index in [-0.39, 0.29) is 5.28 Å². The maximum Gasteiger partial charge on any atom is 0.225 e. The van der Waals surface area contributed by atoms with Crippen LogP contribution in [0.15, 0.2) is 6.33 Å². The number of imidazole rings is 1. The summed E-state index contributed by atoms with van der Waals surface area (Å²) in [5.74, 6) is 0. The predicted molar refractivity (Wildman–Crippen MR) is 63.1 cm³/mol. The van der Waals surface area contributed by atoms with Crippen LogP contribution in [0.2, 0.25) is 10.4 Å². The van der Waals surface area contributed by atoms with E-state index in [9.17, 15) is 0 Å². The fraction of sp³-hybridized carbons (Fsp3) is 0. The third-order valence-corrected chi connectivity index (χ3v) is 3.92. The number of aromatic nitrogens is 4. The summed E-state index contributed by atoms with van der Waals surface area (Å²) < 4.78 is 1.87. The molecule has 2 heterocycles. The lowest BCUT2D eigenvalue weighted by atomic mass is 10.6. The molecule has 0 N–H and O–H groups in total. The molecule has 0 aliphatic heterocycles. The molecule has 2 rings (SSSR count). The highest BCUT2D eigenvalue weighted by Gasteiger charge is 2.09. The Balaban J connectivity index is 2.82. The molecule has 0 fully saturated rings. The van der Waals surface area contributed by atoms with Crippen molar-refractivity contribution >= 4 is 62.8 Å². The first-order valence-corrected chi connectivity index (χ1v) is 7.97. The molecule has 0 bridgehead atoms. The number of fused-ring (bicyclic) bond motifs is 1. The maximum absolute atomic E-state index is 5.82. The molecule has 0 aromatic carbocycles. The normalized spacial score (nSPS) is 11.9. The van der Waals surface area contributed by atoms with Crippen molar-refractivity contribution in [3.63, 3.8) is 0 Å². The third-order valence-electron chi connectivity index (χ3n) is 1.42. The molecular formula is C5H2Cl2IN4P. The average molecular weight is 347 g/mol. The van der Waals surface area contributed by atoms with Crippen molar-refractivity contribution < 1.29 is 0 Å². The van der Waals surface area contributed by atoms with E-state index in [0.717, 1.165) is 0 Å².